The first kappa shape index (κ1) is 9.62. The summed E-state index contributed by atoms with van der Waals surface area (Å²) >= 11 is 5.24. The van der Waals surface area contributed by atoms with Crippen LogP contribution >= 0.6 is 27.7 Å². The lowest BCUT2D eigenvalue weighted by molar-refractivity contribution is 0.451. The maximum absolute atomic E-state index is 5.50. The first-order valence-corrected chi connectivity index (χ1v) is 6.13. The maximum Gasteiger partial charge on any atom is 0.169 e. The molecule has 2 rings (SSSR count). The van der Waals surface area contributed by atoms with Crippen LogP contribution in [0.25, 0.3) is 0 Å². The molecule has 0 bridgehead atoms. The van der Waals surface area contributed by atoms with Crippen molar-refractivity contribution in [1.82, 2.24) is 5.32 Å². The van der Waals surface area contributed by atoms with Gasteiger partial charge in [-0.3, -0.25) is 5.32 Å². The molecule has 2 heterocycles. The first-order chi connectivity index (χ1) is 6.25. The largest absolute Gasteiger partial charge is 0.452 e. The summed E-state index contributed by atoms with van der Waals surface area (Å²) < 4.78 is 6.31. The molecule has 1 aromatic rings. The van der Waals surface area contributed by atoms with Gasteiger partial charge in [-0.2, -0.15) is 0 Å². The van der Waals surface area contributed by atoms with Crippen LogP contribution in [-0.2, 0) is 0 Å². The van der Waals surface area contributed by atoms with E-state index in [1.807, 2.05) is 23.9 Å². The van der Waals surface area contributed by atoms with E-state index in [1.165, 1.54) is 6.42 Å². The van der Waals surface area contributed by atoms with Gasteiger partial charge in [0.25, 0.3) is 0 Å². The van der Waals surface area contributed by atoms with Crippen LogP contribution in [0, 0.1) is 0 Å². The van der Waals surface area contributed by atoms with E-state index in [4.69, 9.17) is 4.42 Å². The Labute approximate surface area is 90.6 Å². The maximum atomic E-state index is 5.50. The van der Waals surface area contributed by atoms with E-state index in [-0.39, 0.29) is 0 Å². The van der Waals surface area contributed by atoms with Crippen LogP contribution in [-0.4, -0.2) is 11.8 Å². The third-order valence-electron chi connectivity index (χ3n) is 2.10. The van der Waals surface area contributed by atoms with Crippen molar-refractivity contribution in [3.8, 4) is 0 Å². The van der Waals surface area contributed by atoms with E-state index in [0.717, 1.165) is 22.2 Å². The van der Waals surface area contributed by atoms with Crippen molar-refractivity contribution in [2.24, 2.45) is 0 Å². The molecular weight excluding hydrogens is 250 g/mol. The number of halogens is 1. The first-order valence-electron chi connectivity index (χ1n) is 4.40. The minimum absolute atomic E-state index is 0.329. The molecule has 1 N–H and O–H groups in total. The zero-order valence-electron chi connectivity index (χ0n) is 7.42. The Bertz CT molecular complexity index is 289. The third kappa shape index (κ3) is 2.30. The highest BCUT2D eigenvalue weighted by molar-refractivity contribution is 9.10. The van der Waals surface area contributed by atoms with Gasteiger partial charge in [0, 0.05) is 5.25 Å². The minimum atomic E-state index is 0.329. The quantitative estimate of drug-likeness (QED) is 0.841. The molecule has 1 aliphatic heterocycles. The summed E-state index contributed by atoms with van der Waals surface area (Å²) in [5.41, 5.74) is 0. The Kier molecular flexibility index (Phi) is 3.01. The summed E-state index contributed by atoms with van der Waals surface area (Å²) in [4.78, 5) is 0. The van der Waals surface area contributed by atoms with E-state index in [0.29, 0.717) is 5.37 Å². The summed E-state index contributed by atoms with van der Waals surface area (Å²) in [6.07, 6.45) is 1.24. The summed E-state index contributed by atoms with van der Waals surface area (Å²) in [5, 5.41) is 4.47. The lowest BCUT2D eigenvalue weighted by Crippen LogP contribution is -2.28. The summed E-state index contributed by atoms with van der Waals surface area (Å²) in [6, 6.07) is 3.96. The molecule has 1 aromatic heterocycles. The van der Waals surface area contributed by atoms with Crippen molar-refractivity contribution in [1.29, 1.82) is 0 Å². The Morgan fingerprint density at radius 3 is 3.08 bits per heavy atom. The normalized spacial score (nSPS) is 29.1. The number of thioether (sulfide) groups is 1. The second-order valence-corrected chi connectivity index (χ2v) is 5.54. The highest BCUT2D eigenvalue weighted by Gasteiger charge is 2.22. The molecule has 0 saturated carbocycles. The molecule has 0 amide bonds. The Morgan fingerprint density at radius 1 is 1.62 bits per heavy atom. The van der Waals surface area contributed by atoms with E-state index in [2.05, 4.69) is 28.2 Å². The second-order valence-electron chi connectivity index (χ2n) is 3.21. The predicted octanol–water partition coefficient (Wildman–Crippen LogP) is 3.16. The van der Waals surface area contributed by atoms with Crippen molar-refractivity contribution in [3.63, 3.8) is 0 Å². The van der Waals surface area contributed by atoms with Crippen LogP contribution in [0.1, 0.15) is 24.5 Å². The molecule has 0 radical (unpaired) electrons. The van der Waals surface area contributed by atoms with Gasteiger partial charge in [0.15, 0.2) is 4.67 Å². The van der Waals surface area contributed by atoms with Crippen molar-refractivity contribution >= 4 is 27.7 Å². The molecular formula is C9H12BrNOS. The summed E-state index contributed by atoms with van der Waals surface area (Å²) in [6.45, 7) is 3.34. The topological polar surface area (TPSA) is 25.2 Å². The number of rotatable bonds is 1. The van der Waals surface area contributed by atoms with Gasteiger partial charge in [-0.05, 0) is 41.0 Å². The van der Waals surface area contributed by atoms with Crippen molar-refractivity contribution in [2.75, 3.05) is 6.54 Å². The Balaban J connectivity index is 2.08. The van der Waals surface area contributed by atoms with E-state index in [1.54, 1.807) is 0 Å². The lowest BCUT2D eigenvalue weighted by Gasteiger charge is -2.26. The van der Waals surface area contributed by atoms with Crippen LogP contribution in [0.15, 0.2) is 21.2 Å². The van der Waals surface area contributed by atoms with Gasteiger partial charge in [0.2, 0.25) is 0 Å². The molecule has 0 aliphatic carbocycles. The highest BCUT2D eigenvalue weighted by atomic mass is 79.9. The van der Waals surface area contributed by atoms with Crippen molar-refractivity contribution in [2.45, 2.75) is 24.0 Å². The Morgan fingerprint density at radius 2 is 2.46 bits per heavy atom. The summed E-state index contributed by atoms with van der Waals surface area (Å²) in [7, 11) is 0. The van der Waals surface area contributed by atoms with Gasteiger partial charge < -0.3 is 4.42 Å². The molecule has 13 heavy (non-hydrogen) atoms. The molecule has 4 heteroatoms. The lowest BCUT2D eigenvalue weighted by atomic mass is 10.3. The average molecular weight is 262 g/mol. The minimum Gasteiger partial charge on any atom is -0.452 e. The second kappa shape index (κ2) is 4.07. The molecule has 0 spiro atoms. The number of hydrogen-bond donors (Lipinski definition) is 1. The van der Waals surface area contributed by atoms with Crippen LogP contribution in [0.5, 0.6) is 0 Å². The van der Waals surface area contributed by atoms with Crippen molar-refractivity contribution < 1.29 is 4.42 Å². The molecule has 1 aliphatic rings. The number of hydrogen-bond acceptors (Lipinski definition) is 3. The van der Waals surface area contributed by atoms with E-state index < -0.39 is 0 Å². The summed E-state index contributed by atoms with van der Waals surface area (Å²) in [5.74, 6) is 1.02. The van der Waals surface area contributed by atoms with E-state index >= 15 is 0 Å². The average Bonchev–Trinajstić information content (AvgIpc) is 2.52. The molecule has 2 nitrogen and oxygen atoms in total. The molecule has 2 atom stereocenters. The molecule has 72 valence electrons. The standard InChI is InChI=1S/C9H12BrNOS/c1-6-4-5-11-9(13-6)7-2-3-8(10)12-7/h2-3,6,9,11H,4-5H2,1H3. The third-order valence-corrected chi connectivity index (χ3v) is 3.90. The fourth-order valence-corrected chi connectivity index (χ4v) is 2.92. The van der Waals surface area contributed by atoms with Gasteiger partial charge >= 0.3 is 0 Å². The predicted molar refractivity (Wildman–Crippen MR) is 58.8 cm³/mol. The SMILES string of the molecule is CC1CCNC(c2ccc(Br)o2)S1. The van der Waals surface area contributed by atoms with Crippen LogP contribution in [0.4, 0.5) is 0 Å². The molecule has 1 saturated heterocycles. The molecule has 1 fully saturated rings. The molecule has 0 aromatic carbocycles. The smallest absolute Gasteiger partial charge is 0.169 e. The molecule has 2 unspecified atom stereocenters. The van der Waals surface area contributed by atoms with Gasteiger partial charge in [-0.1, -0.05) is 6.92 Å². The van der Waals surface area contributed by atoms with Gasteiger partial charge in [-0.15, -0.1) is 11.8 Å². The fourth-order valence-electron chi connectivity index (χ4n) is 1.40. The van der Waals surface area contributed by atoms with Crippen LogP contribution in [0.3, 0.4) is 0 Å². The van der Waals surface area contributed by atoms with Gasteiger partial charge in [0.1, 0.15) is 11.1 Å². The highest BCUT2D eigenvalue weighted by Crippen LogP contribution is 2.35. The number of furan rings is 1. The zero-order chi connectivity index (χ0) is 9.26. The van der Waals surface area contributed by atoms with E-state index in [9.17, 15) is 0 Å². The monoisotopic (exact) mass is 261 g/mol. The van der Waals surface area contributed by atoms with Gasteiger partial charge in [0.05, 0.1) is 0 Å². The zero-order valence-corrected chi connectivity index (χ0v) is 9.82. The van der Waals surface area contributed by atoms with Gasteiger partial charge in [-0.25, -0.2) is 0 Å². The Hall–Kier alpha value is 0.0700. The van der Waals surface area contributed by atoms with Crippen molar-refractivity contribution in [3.05, 3.63) is 22.6 Å². The van der Waals surface area contributed by atoms with Crippen LogP contribution in [0.2, 0.25) is 0 Å². The van der Waals surface area contributed by atoms with Crippen LogP contribution < -0.4 is 5.32 Å². The fraction of sp³-hybridized carbons (Fsp3) is 0.556. The number of nitrogens with one attached hydrogen (secondary N) is 1.